The summed E-state index contributed by atoms with van der Waals surface area (Å²) in [7, 11) is 0. The fourth-order valence-electron chi connectivity index (χ4n) is 3.19. The lowest BCUT2D eigenvalue weighted by molar-refractivity contribution is -0.115. The smallest absolute Gasteiger partial charge is 0.237 e. The van der Waals surface area contributed by atoms with Gasteiger partial charge in [0, 0.05) is 23.7 Å². The van der Waals surface area contributed by atoms with Gasteiger partial charge in [0.1, 0.15) is 0 Å². The van der Waals surface area contributed by atoms with Crippen LogP contribution in [0.25, 0.3) is 10.9 Å². The monoisotopic (exact) mass is 407 g/mol. The number of benzene rings is 2. The molecular formula is C23H25N3O2S. The number of anilines is 2. The minimum Gasteiger partial charge on any atom is -0.326 e. The quantitative estimate of drug-likeness (QED) is 0.568. The zero-order chi connectivity index (χ0) is 21.1. The van der Waals surface area contributed by atoms with E-state index >= 15 is 0 Å². The first kappa shape index (κ1) is 20.9. The number of hydrogen-bond acceptors (Lipinski definition) is 4. The molecule has 1 atom stereocenters. The van der Waals surface area contributed by atoms with Crippen molar-refractivity contribution in [3.05, 3.63) is 59.2 Å². The number of pyridine rings is 1. The molecule has 29 heavy (non-hydrogen) atoms. The second-order valence-electron chi connectivity index (χ2n) is 7.26. The Labute approximate surface area is 175 Å². The van der Waals surface area contributed by atoms with Crippen molar-refractivity contribution in [2.45, 2.75) is 44.9 Å². The molecule has 1 aromatic heterocycles. The average Bonchev–Trinajstić information content (AvgIpc) is 2.64. The summed E-state index contributed by atoms with van der Waals surface area (Å²) in [5.74, 6) is -0.224. The standard InChI is InChI=1S/C23H25N3O2S/c1-13-10-15(3)22-20(11-13)14(2)12-21(26-22)29-16(4)23(28)25-19-8-6-18(7-9-19)24-17(5)27/h6-12,16H,1-5H3,(H,24,27)(H,25,28). The number of fused-ring (bicyclic) bond motifs is 1. The third-order valence-corrected chi connectivity index (χ3v) is 5.59. The highest BCUT2D eigenvalue weighted by Gasteiger charge is 2.17. The second-order valence-corrected chi connectivity index (χ2v) is 8.62. The van der Waals surface area contributed by atoms with Crippen LogP contribution in [0.15, 0.2) is 47.5 Å². The zero-order valence-electron chi connectivity index (χ0n) is 17.3. The summed E-state index contributed by atoms with van der Waals surface area (Å²) < 4.78 is 0. The van der Waals surface area contributed by atoms with Gasteiger partial charge in [-0.25, -0.2) is 4.98 Å². The summed E-state index contributed by atoms with van der Waals surface area (Å²) in [6.45, 7) is 9.56. The maximum Gasteiger partial charge on any atom is 0.237 e. The number of carbonyl (C=O) groups excluding carboxylic acids is 2. The molecular weight excluding hydrogens is 382 g/mol. The van der Waals surface area contributed by atoms with Crippen LogP contribution in [0.1, 0.15) is 30.5 Å². The van der Waals surface area contributed by atoms with Gasteiger partial charge in [-0.05, 0) is 75.2 Å². The number of carbonyl (C=O) groups is 2. The maximum absolute atomic E-state index is 12.6. The molecule has 0 spiro atoms. The molecule has 150 valence electrons. The van der Waals surface area contributed by atoms with Crippen LogP contribution in [0.3, 0.4) is 0 Å². The first-order valence-electron chi connectivity index (χ1n) is 9.46. The Kier molecular flexibility index (Phi) is 6.23. The van der Waals surface area contributed by atoms with Crippen LogP contribution in [0.2, 0.25) is 0 Å². The van der Waals surface area contributed by atoms with Gasteiger partial charge >= 0.3 is 0 Å². The first-order valence-corrected chi connectivity index (χ1v) is 10.3. The van der Waals surface area contributed by atoms with Crippen molar-refractivity contribution in [3.8, 4) is 0 Å². The summed E-state index contributed by atoms with van der Waals surface area (Å²) >= 11 is 1.44. The van der Waals surface area contributed by atoms with E-state index in [4.69, 9.17) is 4.98 Å². The number of thioether (sulfide) groups is 1. The van der Waals surface area contributed by atoms with Gasteiger partial charge in [-0.15, -0.1) is 0 Å². The van der Waals surface area contributed by atoms with Crippen molar-refractivity contribution in [3.63, 3.8) is 0 Å². The van der Waals surface area contributed by atoms with Gasteiger partial charge in [0.2, 0.25) is 11.8 Å². The third-order valence-electron chi connectivity index (χ3n) is 4.57. The third kappa shape index (κ3) is 5.15. The molecule has 0 aliphatic heterocycles. The Morgan fingerprint density at radius 2 is 1.55 bits per heavy atom. The lowest BCUT2D eigenvalue weighted by Gasteiger charge is -2.14. The SMILES string of the molecule is CC(=O)Nc1ccc(NC(=O)C(C)Sc2cc(C)c3cc(C)cc(C)c3n2)cc1. The number of nitrogens with one attached hydrogen (secondary N) is 2. The molecule has 0 saturated carbocycles. The van der Waals surface area contributed by atoms with Gasteiger partial charge in [-0.2, -0.15) is 0 Å². The lowest BCUT2D eigenvalue weighted by atomic mass is 10.0. The number of aryl methyl sites for hydroxylation is 3. The fraction of sp³-hybridized carbons (Fsp3) is 0.261. The number of nitrogens with zero attached hydrogens (tertiary/aromatic N) is 1. The second kappa shape index (κ2) is 8.66. The van der Waals surface area contributed by atoms with Crippen LogP contribution in [-0.4, -0.2) is 22.0 Å². The number of rotatable bonds is 5. The van der Waals surface area contributed by atoms with E-state index < -0.39 is 0 Å². The first-order chi connectivity index (χ1) is 13.7. The largest absolute Gasteiger partial charge is 0.326 e. The predicted octanol–water partition coefficient (Wildman–Crippen LogP) is 5.24. The van der Waals surface area contributed by atoms with Crippen LogP contribution in [0, 0.1) is 20.8 Å². The molecule has 3 rings (SSSR count). The van der Waals surface area contributed by atoms with Crippen LogP contribution >= 0.6 is 11.8 Å². The minimum absolute atomic E-state index is 0.0949. The van der Waals surface area contributed by atoms with Crippen molar-refractivity contribution in [2.75, 3.05) is 10.6 Å². The van der Waals surface area contributed by atoms with Crippen molar-refractivity contribution < 1.29 is 9.59 Å². The molecule has 1 heterocycles. The predicted molar refractivity (Wildman–Crippen MR) is 121 cm³/mol. The van der Waals surface area contributed by atoms with Crippen LogP contribution in [-0.2, 0) is 9.59 Å². The van der Waals surface area contributed by atoms with Crippen molar-refractivity contribution >= 4 is 45.9 Å². The summed E-state index contributed by atoms with van der Waals surface area (Å²) in [5, 5.41) is 7.31. The van der Waals surface area contributed by atoms with E-state index in [2.05, 4.69) is 43.5 Å². The van der Waals surface area contributed by atoms with Crippen LogP contribution in [0.5, 0.6) is 0 Å². The van der Waals surface area contributed by atoms with Gasteiger partial charge < -0.3 is 10.6 Å². The van der Waals surface area contributed by atoms with Crippen molar-refractivity contribution in [2.24, 2.45) is 0 Å². The van der Waals surface area contributed by atoms with Crippen LogP contribution in [0.4, 0.5) is 11.4 Å². The lowest BCUT2D eigenvalue weighted by Crippen LogP contribution is -2.22. The van der Waals surface area contributed by atoms with Crippen molar-refractivity contribution in [1.82, 2.24) is 4.98 Å². The normalized spacial score (nSPS) is 11.9. The number of aromatic nitrogens is 1. The highest BCUT2D eigenvalue weighted by Crippen LogP contribution is 2.29. The molecule has 0 radical (unpaired) electrons. The van der Waals surface area contributed by atoms with E-state index in [-0.39, 0.29) is 17.1 Å². The molecule has 0 aliphatic rings. The van der Waals surface area contributed by atoms with Crippen molar-refractivity contribution in [1.29, 1.82) is 0 Å². The number of hydrogen-bond donors (Lipinski definition) is 2. The molecule has 1 unspecified atom stereocenters. The maximum atomic E-state index is 12.6. The summed E-state index contributed by atoms with van der Waals surface area (Å²) in [4.78, 5) is 28.5. The van der Waals surface area contributed by atoms with E-state index in [0.717, 1.165) is 27.1 Å². The molecule has 2 aromatic carbocycles. The topological polar surface area (TPSA) is 71.1 Å². The van der Waals surface area contributed by atoms with Gasteiger partial charge in [-0.3, -0.25) is 9.59 Å². The molecule has 0 bridgehead atoms. The highest BCUT2D eigenvalue weighted by atomic mass is 32.2. The molecule has 0 aliphatic carbocycles. The fourth-order valence-corrected chi connectivity index (χ4v) is 4.11. The van der Waals surface area contributed by atoms with Gasteiger partial charge in [-0.1, -0.05) is 23.4 Å². The minimum atomic E-state index is -0.305. The Morgan fingerprint density at radius 1 is 0.931 bits per heavy atom. The molecule has 0 saturated heterocycles. The van der Waals surface area contributed by atoms with Gasteiger partial charge in [0.05, 0.1) is 15.8 Å². The molecule has 2 N–H and O–H groups in total. The van der Waals surface area contributed by atoms with Gasteiger partial charge in [0.15, 0.2) is 0 Å². The zero-order valence-corrected chi connectivity index (χ0v) is 18.1. The van der Waals surface area contributed by atoms with E-state index in [1.54, 1.807) is 24.3 Å². The van der Waals surface area contributed by atoms with Gasteiger partial charge in [0.25, 0.3) is 0 Å². The Morgan fingerprint density at radius 3 is 2.17 bits per heavy atom. The van der Waals surface area contributed by atoms with E-state index in [1.165, 1.54) is 24.2 Å². The Bertz CT molecular complexity index is 1080. The Balaban J connectivity index is 1.71. The highest BCUT2D eigenvalue weighted by molar-refractivity contribution is 8.00. The summed E-state index contributed by atoms with van der Waals surface area (Å²) in [6, 6.07) is 13.4. The van der Waals surface area contributed by atoms with E-state index in [9.17, 15) is 9.59 Å². The molecule has 6 heteroatoms. The molecule has 0 fully saturated rings. The molecule has 2 amide bonds. The summed E-state index contributed by atoms with van der Waals surface area (Å²) in [5.41, 5.74) is 5.88. The molecule has 3 aromatic rings. The summed E-state index contributed by atoms with van der Waals surface area (Å²) in [6.07, 6.45) is 0. The molecule has 5 nitrogen and oxygen atoms in total. The van der Waals surface area contributed by atoms with E-state index in [0.29, 0.717) is 11.4 Å². The number of amides is 2. The van der Waals surface area contributed by atoms with Crippen LogP contribution < -0.4 is 10.6 Å². The average molecular weight is 408 g/mol. The van der Waals surface area contributed by atoms with E-state index in [1.807, 2.05) is 13.0 Å². The Hall–Kier alpha value is -2.86.